The van der Waals surface area contributed by atoms with Crippen molar-refractivity contribution in [2.45, 2.75) is 39.4 Å². The van der Waals surface area contributed by atoms with Gasteiger partial charge in [0.15, 0.2) is 5.96 Å². The molecule has 0 amide bonds. The lowest BCUT2D eigenvalue weighted by Gasteiger charge is -2.26. The van der Waals surface area contributed by atoms with E-state index in [2.05, 4.69) is 76.6 Å². The molecule has 0 spiro atoms. The fourth-order valence-corrected chi connectivity index (χ4v) is 3.84. The van der Waals surface area contributed by atoms with Crippen LogP contribution >= 0.6 is 0 Å². The molecule has 0 aliphatic carbocycles. The topological polar surface area (TPSA) is 57.9 Å². The molecular formula is C23H36N6O. The number of rotatable bonds is 7. The highest BCUT2D eigenvalue weighted by molar-refractivity contribution is 5.79. The Morgan fingerprint density at radius 2 is 1.87 bits per heavy atom. The molecule has 7 nitrogen and oxygen atoms in total. The highest BCUT2D eigenvalue weighted by Gasteiger charge is 2.15. The number of nitrogens with zero attached hydrogens (tertiary/aromatic N) is 5. The van der Waals surface area contributed by atoms with Crippen molar-refractivity contribution in [3.8, 4) is 0 Å². The third kappa shape index (κ3) is 6.06. The molecule has 7 heteroatoms. The quantitative estimate of drug-likeness (QED) is 0.560. The second kappa shape index (κ2) is 10.6. The van der Waals surface area contributed by atoms with Crippen molar-refractivity contribution in [3.63, 3.8) is 0 Å². The van der Waals surface area contributed by atoms with Crippen LogP contribution in [0, 0.1) is 0 Å². The molecule has 2 aromatic rings. The smallest absolute Gasteiger partial charge is 0.193 e. The first-order valence-electron chi connectivity index (χ1n) is 10.8. The van der Waals surface area contributed by atoms with E-state index < -0.39 is 0 Å². The summed E-state index contributed by atoms with van der Waals surface area (Å²) in [4.78, 5) is 9.05. The fraction of sp³-hybridized carbons (Fsp3) is 0.565. The van der Waals surface area contributed by atoms with E-state index in [1.54, 1.807) is 0 Å². The van der Waals surface area contributed by atoms with Crippen LogP contribution in [0.5, 0.6) is 0 Å². The van der Waals surface area contributed by atoms with Gasteiger partial charge >= 0.3 is 0 Å². The molecule has 1 aliphatic heterocycles. The van der Waals surface area contributed by atoms with Gasteiger partial charge in [0.1, 0.15) is 0 Å². The van der Waals surface area contributed by atoms with Gasteiger partial charge in [-0.2, -0.15) is 5.10 Å². The Kier molecular flexibility index (Phi) is 7.87. The van der Waals surface area contributed by atoms with Gasteiger partial charge in [-0.3, -0.25) is 14.6 Å². The number of aryl methyl sites for hydroxylation is 1. The first-order valence-corrected chi connectivity index (χ1v) is 10.8. The average Bonchev–Trinajstić information content (AvgIpc) is 3.11. The number of guanidine groups is 1. The summed E-state index contributed by atoms with van der Waals surface area (Å²) in [7, 11) is 5.87. The Balaban J connectivity index is 1.53. The Morgan fingerprint density at radius 3 is 2.50 bits per heavy atom. The molecule has 0 bridgehead atoms. The van der Waals surface area contributed by atoms with E-state index in [1.165, 1.54) is 16.7 Å². The molecule has 164 valence electrons. The lowest BCUT2D eigenvalue weighted by Crippen LogP contribution is -2.38. The maximum Gasteiger partial charge on any atom is 0.193 e. The summed E-state index contributed by atoms with van der Waals surface area (Å²) in [5.74, 6) is 1.28. The van der Waals surface area contributed by atoms with Crippen molar-refractivity contribution in [3.05, 3.63) is 52.8 Å². The summed E-state index contributed by atoms with van der Waals surface area (Å²) in [6.45, 7) is 10.6. The van der Waals surface area contributed by atoms with Crippen LogP contribution in [0.3, 0.4) is 0 Å². The lowest BCUT2D eigenvalue weighted by molar-refractivity contribution is 0.0342. The zero-order valence-corrected chi connectivity index (χ0v) is 19.1. The minimum Gasteiger partial charge on any atom is -0.379 e. The van der Waals surface area contributed by atoms with Crippen molar-refractivity contribution >= 4 is 5.96 Å². The van der Waals surface area contributed by atoms with Crippen LogP contribution in [0.15, 0.2) is 35.5 Å². The summed E-state index contributed by atoms with van der Waals surface area (Å²) >= 11 is 0. The molecule has 1 fully saturated rings. The second-order valence-corrected chi connectivity index (χ2v) is 8.33. The third-order valence-electron chi connectivity index (χ3n) is 5.45. The summed E-state index contributed by atoms with van der Waals surface area (Å²) in [6, 6.07) is 8.86. The van der Waals surface area contributed by atoms with Crippen LogP contribution in [0.2, 0.25) is 0 Å². The Morgan fingerprint density at radius 1 is 1.20 bits per heavy atom. The zero-order chi connectivity index (χ0) is 21.5. The molecule has 1 N–H and O–H groups in total. The van der Waals surface area contributed by atoms with Gasteiger partial charge < -0.3 is 15.0 Å². The maximum atomic E-state index is 5.43. The minimum absolute atomic E-state index is 0.403. The van der Waals surface area contributed by atoms with Gasteiger partial charge in [0.25, 0.3) is 0 Å². The molecule has 3 rings (SSSR count). The van der Waals surface area contributed by atoms with Gasteiger partial charge in [-0.25, -0.2) is 0 Å². The van der Waals surface area contributed by atoms with Crippen LogP contribution in [0.1, 0.15) is 42.1 Å². The predicted octanol–water partition coefficient (Wildman–Crippen LogP) is 2.58. The number of hydrogen-bond donors (Lipinski definition) is 1. The SMILES string of the molecule is CN=C(NCc1ccc(CN2CCOCC2)cc1)N(C)Cc1cn(C)nc1C(C)C. The Bertz CT molecular complexity index is 821. The van der Waals surface area contributed by atoms with Crippen LogP contribution in [0.25, 0.3) is 0 Å². The monoisotopic (exact) mass is 412 g/mol. The van der Waals surface area contributed by atoms with Crippen molar-refractivity contribution in [1.82, 2.24) is 24.9 Å². The van der Waals surface area contributed by atoms with E-state index in [9.17, 15) is 0 Å². The molecule has 0 radical (unpaired) electrons. The molecule has 0 saturated carbocycles. The van der Waals surface area contributed by atoms with E-state index in [1.807, 2.05) is 18.8 Å². The normalized spacial score (nSPS) is 15.6. The van der Waals surface area contributed by atoms with Gasteiger partial charge in [-0.05, 0) is 17.0 Å². The molecule has 0 atom stereocenters. The van der Waals surface area contributed by atoms with Crippen molar-refractivity contribution in [2.24, 2.45) is 12.0 Å². The Labute approximate surface area is 180 Å². The number of ether oxygens (including phenoxy) is 1. The molecule has 1 aliphatic rings. The summed E-state index contributed by atoms with van der Waals surface area (Å²) in [6.07, 6.45) is 2.10. The molecule has 1 saturated heterocycles. The molecule has 2 heterocycles. The standard InChI is InChI=1S/C23H36N6O/c1-18(2)22-21(17-28(5)26-22)16-27(4)23(24-3)25-14-19-6-8-20(9-7-19)15-29-10-12-30-13-11-29/h6-9,17-18H,10-16H2,1-5H3,(H,24,25). The van der Waals surface area contributed by atoms with Gasteiger partial charge in [0.05, 0.1) is 18.9 Å². The molecular weight excluding hydrogens is 376 g/mol. The van der Waals surface area contributed by atoms with E-state index in [0.717, 1.165) is 57.6 Å². The first kappa shape index (κ1) is 22.3. The molecule has 1 aromatic heterocycles. The largest absolute Gasteiger partial charge is 0.379 e. The van der Waals surface area contributed by atoms with Crippen LogP contribution in [-0.4, -0.2) is 65.9 Å². The highest BCUT2D eigenvalue weighted by Crippen LogP contribution is 2.18. The molecule has 30 heavy (non-hydrogen) atoms. The maximum absolute atomic E-state index is 5.43. The number of benzene rings is 1. The summed E-state index contributed by atoms with van der Waals surface area (Å²) < 4.78 is 7.32. The Hall–Kier alpha value is -2.38. The number of aromatic nitrogens is 2. The predicted molar refractivity (Wildman–Crippen MR) is 122 cm³/mol. The van der Waals surface area contributed by atoms with Gasteiger partial charge in [-0.15, -0.1) is 0 Å². The van der Waals surface area contributed by atoms with Gasteiger partial charge in [0, 0.05) is 65.6 Å². The van der Waals surface area contributed by atoms with Crippen LogP contribution < -0.4 is 5.32 Å². The van der Waals surface area contributed by atoms with E-state index in [-0.39, 0.29) is 0 Å². The number of nitrogens with one attached hydrogen (secondary N) is 1. The van der Waals surface area contributed by atoms with Crippen LogP contribution in [-0.2, 0) is 31.4 Å². The minimum atomic E-state index is 0.403. The van der Waals surface area contributed by atoms with E-state index >= 15 is 0 Å². The number of hydrogen-bond acceptors (Lipinski definition) is 4. The zero-order valence-electron chi connectivity index (χ0n) is 19.1. The average molecular weight is 413 g/mol. The molecule has 1 aromatic carbocycles. The third-order valence-corrected chi connectivity index (χ3v) is 5.45. The van der Waals surface area contributed by atoms with Crippen LogP contribution in [0.4, 0.5) is 0 Å². The molecule has 0 unspecified atom stereocenters. The van der Waals surface area contributed by atoms with Crippen molar-refractivity contribution < 1.29 is 4.74 Å². The number of morpholine rings is 1. The first-order chi connectivity index (χ1) is 14.5. The van der Waals surface area contributed by atoms with Crippen molar-refractivity contribution in [1.29, 1.82) is 0 Å². The van der Waals surface area contributed by atoms with Gasteiger partial charge in [-0.1, -0.05) is 38.1 Å². The highest BCUT2D eigenvalue weighted by atomic mass is 16.5. The summed E-state index contributed by atoms with van der Waals surface area (Å²) in [5.41, 5.74) is 4.99. The number of aliphatic imine (C=N–C) groups is 1. The fourth-order valence-electron chi connectivity index (χ4n) is 3.84. The summed E-state index contributed by atoms with van der Waals surface area (Å²) in [5, 5.41) is 8.10. The van der Waals surface area contributed by atoms with E-state index in [0.29, 0.717) is 5.92 Å². The van der Waals surface area contributed by atoms with Crippen molar-refractivity contribution in [2.75, 3.05) is 40.4 Å². The second-order valence-electron chi connectivity index (χ2n) is 8.33. The van der Waals surface area contributed by atoms with E-state index in [4.69, 9.17) is 4.74 Å². The lowest BCUT2D eigenvalue weighted by atomic mass is 10.1. The van der Waals surface area contributed by atoms with Gasteiger partial charge in [0.2, 0.25) is 0 Å².